The van der Waals surface area contributed by atoms with Crippen molar-refractivity contribution in [3.8, 4) is 0 Å². The second kappa shape index (κ2) is 15.6. The van der Waals surface area contributed by atoms with Gasteiger partial charge >= 0.3 is 5.97 Å². The Morgan fingerprint density at radius 1 is 0.697 bits per heavy atom. The number of nitrogens with one attached hydrogen (secondary N) is 2. The van der Waals surface area contributed by atoms with Crippen LogP contribution in [-0.2, 0) is 14.3 Å². The zero-order valence-electron chi connectivity index (χ0n) is 19.6. The molecule has 0 radical (unpaired) electrons. The summed E-state index contributed by atoms with van der Waals surface area (Å²) in [4.78, 5) is 36.8. The first-order chi connectivity index (χ1) is 16.1. The molecule has 2 N–H and O–H groups in total. The zero-order chi connectivity index (χ0) is 23.7. The van der Waals surface area contributed by atoms with Crippen molar-refractivity contribution in [3.63, 3.8) is 0 Å². The minimum atomic E-state index is -0.655. The molecule has 0 aromatic heterocycles. The van der Waals surface area contributed by atoms with Gasteiger partial charge in [0.15, 0.2) is 6.61 Å². The lowest BCUT2D eigenvalue weighted by molar-refractivity contribution is -0.119. The van der Waals surface area contributed by atoms with Crippen molar-refractivity contribution in [1.29, 1.82) is 0 Å². The molecule has 2 aromatic rings. The molecule has 0 aliphatic rings. The van der Waals surface area contributed by atoms with Crippen molar-refractivity contribution >= 4 is 29.2 Å². The number of amides is 2. The maximum absolute atomic E-state index is 12.5. The average Bonchev–Trinajstić information content (AvgIpc) is 2.82. The van der Waals surface area contributed by atoms with Crippen LogP contribution in [0.15, 0.2) is 54.6 Å². The second-order valence-corrected chi connectivity index (χ2v) is 8.16. The van der Waals surface area contributed by atoms with Crippen LogP contribution >= 0.6 is 0 Å². The summed E-state index contributed by atoms with van der Waals surface area (Å²) in [5, 5.41) is 5.46. The first-order valence-electron chi connectivity index (χ1n) is 12.0. The highest BCUT2D eigenvalue weighted by Crippen LogP contribution is 2.18. The van der Waals surface area contributed by atoms with Crippen LogP contribution in [0.3, 0.4) is 0 Å². The molecular weight excluding hydrogens is 416 g/mol. The summed E-state index contributed by atoms with van der Waals surface area (Å²) < 4.78 is 5.14. The van der Waals surface area contributed by atoms with Crippen LogP contribution in [0.5, 0.6) is 0 Å². The Kier molecular flexibility index (Phi) is 12.4. The molecule has 0 fully saturated rings. The van der Waals surface area contributed by atoms with E-state index in [0.717, 1.165) is 19.3 Å². The van der Waals surface area contributed by atoms with Gasteiger partial charge in [0, 0.05) is 12.1 Å². The molecule has 2 rings (SSSR count). The molecular formula is C27H36N2O4. The van der Waals surface area contributed by atoms with E-state index in [9.17, 15) is 14.4 Å². The van der Waals surface area contributed by atoms with Crippen molar-refractivity contribution in [2.75, 3.05) is 17.2 Å². The number of para-hydroxylation sites is 2. The van der Waals surface area contributed by atoms with Crippen LogP contribution in [0.25, 0.3) is 0 Å². The number of carbonyl (C=O) groups excluding carboxylic acids is 3. The summed E-state index contributed by atoms with van der Waals surface area (Å²) in [6, 6.07) is 15.6. The SMILES string of the molecule is CCCCCCCCCCCC(=O)Nc1ccccc1C(=O)OCC(=O)Nc1ccccc1. The Labute approximate surface area is 197 Å². The topological polar surface area (TPSA) is 84.5 Å². The average molecular weight is 453 g/mol. The molecule has 0 saturated carbocycles. The Hall–Kier alpha value is -3.15. The number of benzene rings is 2. The summed E-state index contributed by atoms with van der Waals surface area (Å²) in [7, 11) is 0. The highest BCUT2D eigenvalue weighted by atomic mass is 16.5. The van der Waals surface area contributed by atoms with Crippen LogP contribution in [0.2, 0.25) is 0 Å². The molecule has 178 valence electrons. The van der Waals surface area contributed by atoms with Gasteiger partial charge in [0.1, 0.15) is 0 Å². The van der Waals surface area contributed by atoms with Crippen LogP contribution in [-0.4, -0.2) is 24.4 Å². The fourth-order valence-electron chi connectivity index (χ4n) is 3.51. The first-order valence-corrected chi connectivity index (χ1v) is 12.0. The van der Waals surface area contributed by atoms with E-state index in [1.807, 2.05) is 6.07 Å². The zero-order valence-corrected chi connectivity index (χ0v) is 19.6. The molecule has 0 spiro atoms. The summed E-state index contributed by atoms with van der Waals surface area (Å²) in [6.07, 6.45) is 11.1. The Bertz CT molecular complexity index is 867. The molecule has 0 aliphatic heterocycles. The number of carbonyl (C=O) groups is 3. The number of hydrogen-bond donors (Lipinski definition) is 2. The minimum Gasteiger partial charge on any atom is -0.452 e. The van der Waals surface area contributed by atoms with E-state index in [1.165, 1.54) is 38.5 Å². The number of ether oxygens (including phenoxy) is 1. The number of rotatable bonds is 15. The Balaban J connectivity index is 1.71. The normalized spacial score (nSPS) is 10.5. The fraction of sp³-hybridized carbons (Fsp3) is 0.444. The van der Waals surface area contributed by atoms with E-state index in [0.29, 0.717) is 17.8 Å². The lowest BCUT2D eigenvalue weighted by Gasteiger charge is -2.11. The second-order valence-electron chi connectivity index (χ2n) is 8.16. The van der Waals surface area contributed by atoms with E-state index in [1.54, 1.807) is 48.5 Å². The van der Waals surface area contributed by atoms with Gasteiger partial charge in [-0.1, -0.05) is 88.6 Å². The lowest BCUT2D eigenvalue weighted by Crippen LogP contribution is -2.22. The lowest BCUT2D eigenvalue weighted by atomic mass is 10.1. The van der Waals surface area contributed by atoms with E-state index in [-0.39, 0.29) is 11.5 Å². The molecule has 6 nitrogen and oxygen atoms in total. The Morgan fingerprint density at radius 2 is 1.30 bits per heavy atom. The van der Waals surface area contributed by atoms with Gasteiger partial charge in [-0.3, -0.25) is 9.59 Å². The Morgan fingerprint density at radius 3 is 2.00 bits per heavy atom. The van der Waals surface area contributed by atoms with E-state index in [2.05, 4.69) is 17.6 Å². The summed E-state index contributed by atoms with van der Waals surface area (Å²) in [5.41, 5.74) is 1.25. The van der Waals surface area contributed by atoms with Gasteiger partial charge in [0.25, 0.3) is 5.91 Å². The quantitative estimate of drug-likeness (QED) is 0.244. The number of esters is 1. The van der Waals surface area contributed by atoms with Gasteiger partial charge < -0.3 is 15.4 Å². The molecule has 0 aliphatic carbocycles. The summed E-state index contributed by atoms with van der Waals surface area (Å²) in [5.74, 6) is -1.21. The van der Waals surface area contributed by atoms with Crippen LogP contribution < -0.4 is 10.6 Å². The summed E-state index contributed by atoms with van der Waals surface area (Å²) >= 11 is 0. The van der Waals surface area contributed by atoms with E-state index < -0.39 is 18.5 Å². The smallest absolute Gasteiger partial charge is 0.340 e. The van der Waals surface area contributed by atoms with Crippen molar-refractivity contribution in [2.24, 2.45) is 0 Å². The molecule has 33 heavy (non-hydrogen) atoms. The molecule has 0 atom stereocenters. The largest absolute Gasteiger partial charge is 0.452 e. The van der Waals surface area contributed by atoms with Gasteiger partial charge in [-0.15, -0.1) is 0 Å². The fourth-order valence-corrected chi connectivity index (χ4v) is 3.51. The number of hydrogen-bond acceptors (Lipinski definition) is 4. The highest BCUT2D eigenvalue weighted by molar-refractivity contribution is 6.02. The van der Waals surface area contributed by atoms with Gasteiger partial charge in [0.2, 0.25) is 5.91 Å². The maximum Gasteiger partial charge on any atom is 0.340 e. The third-order valence-corrected chi connectivity index (χ3v) is 5.32. The van der Waals surface area contributed by atoms with Crippen LogP contribution in [0.1, 0.15) is 81.5 Å². The standard InChI is InChI=1S/C27H36N2O4/c1-2-3-4-5-6-7-8-9-13-20-25(30)29-24-19-15-14-18-23(24)27(32)33-21-26(31)28-22-16-11-10-12-17-22/h10-12,14-19H,2-9,13,20-21H2,1H3,(H,28,31)(H,29,30). The number of unbranched alkanes of at least 4 members (excludes halogenated alkanes) is 8. The van der Waals surface area contributed by atoms with Crippen molar-refractivity contribution in [3.05, 3.63) is 60.2 Å². The van der Waals surface area contributed by atoms with Crippen molar-refractivity contribution < 1.29 is 19.1 Å². The van der Waals surface area contributed by atoms with Gasteiger partial charge in [0.05, 0.1) is 11.3 Å². The van der Waals surface area contributed by atoms with Gasteiger partial charge in [-0.25, -0.2) is 4.79 Å². The molecule has 0 heterocycles. The molecule has 2 aromatic carbocycles. The molecule has 0 unspecified atom stereocenters. The van der Waals surface area contributed by atoms with E-state index in [4.69, 9.17) is 4.74 Å². The third-order valence-electron chi connectivity index (χ3n) is 5.32. The van der Waals surface area contributed by atoms with Crippen LogP contribution in [0, 0.1) is 0 Å². The van der Waals surface area contributed by atoms with E-state index >= 15 is 0 Å². The predicted octanol–water partition coefficient (Wildman–Crippen LogP) is 6.34. The van der Waals surface area contributed by atoms with Crippen molar-refractivity contribution in [1.82, 2.24) is 0 Å². The van der Waals surface area contributed by atoms with Gasteiger partial charge in [-0.05, 0) is 30.7 Å². The molecule has 0 bridgehead atoms. The molecule has 2 amide bonds. The van der Waals surface area contributed by atoms with Crippen molar-refractivity contribution in [2.45, 2.75) is 71.1 Å². The monoisotopic (exact) mass is 452 g/mol. The predicted molar refractivity (Wildman–Crippen MR) is 132 cm³/mol. The summed E-state index contributed by atoms with van der Waals surface area (Å²) in [6.45, 7) is 1.81. The molecule has 0 saturated heterocycles. The minimum absolute atomic E-state index is 0.125. The highest BCUT2D eigenvalue weighted by Gasteiger charge is 2.16. The first kappa shape index (κ1) is 26.1. The number of anilines is 2. The molecule has 6 heteroatoms. The third kappa shape index (κ3) is 10.8. The van der Waals surface area contributed by atoms with Crippen LogP contribution in [0.4, 0.5) is 11.4 Å². The van der Waals surface area contributed by atoms with Gasteiger partial charge in [-0.2, -0.15) is 0 Å². The maximum atomic E-state index is 12.5.